The maximum absolute atomic E-state index is 5.41. The number of hydrogen-bond acceptors (Lipinski definition) is 2. The second-order valence-electron chi connectivity index (χ2n) is 13.6. The number of aryl methyl sites for hydroxylation is 2. The average molecular weight is 681 g/mol. The third-order valence-electron chi connectivity index (χ3n) is 9.96. The highest BCUT2D eigenvalue weighted by Gasteiger charge is 2.19. The lowest BCUT2D eigenvalue weighted by molar-refractivity contribution is 1.31. The van der Waals surface area contributed by atoms with Crippen molar-refractivity contribution in [1.82, 2.24) is 19.9 Å². The van der Waals surface area contributed by atoms with Crippen molar-refractivity contribution in [2.75, 3.05) is 0 Å². The van der Waals surface area contributed by atoms with E-state index in [4.69, 9.17) is 9.97 Å². The summed E-state index contributed by atoms with van der Waals surface area (Å²) in [4.78, 5) is 18.5. The van der Waals surface area contributed by atoms with E-state index in [1.165, 1.54) is 11.1 Å². The van der Waals surface area contributed by atoms with Gasteiger partial charge in [-0.2, -0.15) is 0 Å². The summed E-state index contributed by atoms with van der Waals surface area (Å²) < 4.78 is 0. The number of nitrogens with one attached hydrogen (secondary N) is 2. The lowest BCUT2D eigenvalue weighted by Gasteiger charge is -2.07. The van der Waals surface area contributed by atoms with E-state index >= 15 is 0 Å². The molecule has 0 saturated heterocycles. The molecule has 252 valence electrons. The zero-order valence-electron chi connectivity index (χ0n) is 29.6. The summed E-state index contributed by atoms with van der Waals surface area (Å²) in [5.74, 6) is 0. The van der Waals surface area contributed by atoms with Gasteiger partial charge in [0.15, 0.2) is 0 Å². The van der Waals surface area contributed by atoms with Gasteiger partial charge in [0.1, 0.15) is 0 Å². The van der Waals surface area contributed by atoms with E-state index in [1.54, 1.807) is 0 Å². The summed E-state index contributed by atoms with van der Waals surface area (Å²) in [5, 5.41) is 0. The van der Waals surface area contributed by atoms with E-state index < -0.39 is 0 Å². The van der Waals surface area contributed by atoms with Gasteiger partial charge in [0.05, 0.1) is 22.8 Å². The summed E-state index contributed by atoms with van der Waals surface area (Å²) in [6.45, 7) is 7.99. The zero-order valence-corrected chi connectivity index (χ0v) is 29.6. The van der Waals surface area contributed by atoms with Gasteiger partial charge in [-0.3, -0.25) is 0 Å². The van der Waals surface area contributed by atoms with Crippen LogP contribution in [0.15, 0.2) is 140 Å². The maximum Gasteiger partial charge on any atom is 0.0737 e. The monoisotopic (exact) mass is 680 g/mol. The minimum absolute atomic E-state index is 0.881. The molecule has 0 aliphatic carbocycles. The maximum atomic E-state index is 5.41. The first kappa shape index (κ1) is 31.9. The Morgan fingerprint density at radius 3 is 1.13 bits per heavy atom. The number of hydrogen-bond donors (Lipinski definition) is 2. The van der Waals surface area contributed by atoms with Crippen LogP contribution in [-0.4, -0.2) is 19.9 Å². The van der Waals surface area contributed by atoms with Crippen molar-refractivity contribution in [3.63, 3.8) is 0 Å². The number of benzene rings is 4. The van der Waals surface area contributed by atoms with Crippen LogP contribution in [0.3, 0.4) is 0 Å². The Morgan fingerprint density at radius 2 is 0.774 bits per heavy atom. The molecule has 5 heterocycles. The number of fused-ring (bicyclic) bond motifs is 8. The fraction of sp³-hybridized carbons (Fsp3) is 0.0408. The average Bonchev–Trinajstić information content (AvgIpc) is 4.02. The van der Waals surface area contributed by atoms with E-state index in [-0.39, 0.29) is 0 Å². The molecule has 2 aliphatic rings. The molecule has 4 heteroatoms. The largest absolute Gasteiger partial charge is 0.354 e. The van der Waals surface area contributed by atoms with E-state index in [1.807, 2.05) is 6.08 Å². The Hall–Kier alpha value is -7.00. The molecule has 0 radical (unpaired) electrons. The SMILES string of the molecule is C=C=Cc1ccc(-c2c3nc(c(-c4ccc(C)cc4)c4ccc([nH]4)c(-c4ccccc4)c4nc(c(-c5ccc(C)cc5)c5ccc2[nH]5)C=C4)C=C3)cc1. The molecule has 9 rings (SSSR count). The van der Waals surface area contributed by atoms with Gasteiger partial charge in [-0.15, -0.1) is 5.73 Å². The highest BCUT2D eigenvalue weighted by Crippen LogP contribution is 2.38. The Bertz CT molecular complexity index is 2760. The minimum atomic E-state index is 0.881. The lowest BCUT2D eigenvalue weighted by atomic mass is 10.0. The Morgan fingerprint density at radius 1 is 0.434 bits per heavy atom. The molecule has 2 aliphatic heterocycles. The number of aromatic amines is 2. The molecule has 0 saturated carbocycles. The van der Waals surface area contributed by atoms with Crippen LogP contribution in [0.2, 0.25) is 0 Å². The number of rotatable bonds is 5. The van der Waals surface area contributed by atoms with Crippen molar-refractivity contribution in [3.8, 4) is 44.5 Å². The van der Waals surface area contributed by atoms with Gasteiger partial charge >= 0.3 is 0 Å². The Labute approximate surface area is 308 Å². The van der Waals surface area contributed by atoms with Gasteiger partial charge in [0.25, 0.3) is 0 Å². The third-order valence-corrected chi connectivity index (χ3v) is 9.96. The van der Waals surface area contributed by atoms with Gasteiger partial charge in [-0.05, 0) is 96.3 Å². The standard InChI is InChI=1S/C49H36N4/c1-4-8-33-15-21-37(22-16-33)49-44-29-27-42(52-44)47(35-17-11-31(2)12-18-35)40-25-23-38(50-40)46(34-9-6-5-7-10-34)39-24-26-41(51-39)48(43-28-30-45(49)53-43)36-19-13-32(3)14-20-36/h5-30,50,53H,1H2,2-3H3. The molecule has 0 spiro atoms. The van der Waals surface area contributed by atoms with Crippen molar-refractivity contribution in [1.29, 1.82) is 0 Å². The van der Waals surface area contributed by atoms with Crippen LogP contribution in [0.5, 0.6) is 0 Å². The van der Waals surface area contributed by atoms with Gasteiger partial charge in [0, 0.05) is 44.3 Å². The number of aromatic nitrogens is 4. The molecule has 0 amide bonds. The summed E-state index contributed by atoms with van der Waals surface area (Å²) in [6.07, 6.45) is 10.4. The molecule has 8 bridgehead atoms. The number of H-pyrrole nitrogens is 2. The fourth-order valence-electron chi connectivity index (χ4n) is 7.33. The summed E-state index contributed by atoms with van der Waals surface area (Å²) >= 11 is 0. The summed E-state index contributed by atoms with van der Waals surface area (Å²) in [6, 6.07) is 45.0. The van der Waals surface area contributed by atoms with Gasteiger partial charge < -0.3 is 9.97 Å². The van der Waals surface area contributed by atoms with Gasteiger partial charge in [0.2, 0.25) is 0 Å². The molecule has 0 unspecified atom stereocenters. The molecular weight excluding hydrogens is 645 g/mol. The first-order valence-corrected chi connectivity index (χ1v) is 17.8. The van der Waals surface area contributed by atoms with Gasteiger partial charge in [-0.1, -0.05) is 121 Å². The topological polar surface area (TPSA) is 57.4 Å². The van der Waals surface area contributed by atoms with Gasteiger partial charge in [-0.25, -0.2) is 9.97 Å². The molecule has 0 fully saturated rings. The van der Waals surface area contributed by atoms with Crippen molar-refractivity contribution in [3.05, 3.63) is 179 Å². The van der Waals surface area contributed by atoms with Crippen LogP contribution in [0, 0.1) is 13.8 Å². The van der Waals surface area contributed by atoms with Crippen LogP contribution in [0.4, 0.5) is 0 Å². The molecule has 3 aromatic heterocycles. The predicted molar refractivity (Wildman–Crippen MR) is 224 cm³/mol. The van der Waals surface area contributed by atoms with Crippen molar-refractivity contribution in [2.24, 2.45) is 0 Å². The van der Waals surface area contributed by atoms with E-state index in [9.17, 15) is 0 Å². The summed E-state index contributed by atoms with van der Waals surface area (Å²) in [5.41, 5.74) is 22.3. The highest BCUT2D eigenvalue weighted by molar-refractivity contribution is 5.99. The predicted octanol–water partition coefficient (Wildman–Crippen LogP) is 12.7. The molecule has 4 nitrogen and oxygen atoms in total. The normalized spacial score (nSPS) is 11.8. The van der Waals surface area contributed by atoms with E-state index in [0.29, 0.717) is 0 Å². The zero-order chi connectivity index (χ0) is 35.9. The fourth-order valence-corrected chi connectivity index (χ4v) is 7.33. The van der Waals surface area contributed by atoms with Crippen LogP contribution < -0.4 is 0 Å². The molecule has 2 N–H and O–H groups in total. The van der Waals surface area contributed by atoms with E-state index in [2.05, 4.69) is 188 Å². The lowest BCUT2D eigenvalue weighted by Crippen LogP contribution is -1.90. The minimum Gasteiger partial charge on any atom is -0.354 e. The van der Waals surface area contributed by atoms with Crippen LogP contribution in [0.25, 0.3) is 97.0 Å². The molecule has 4 aromatic carbocycles. The molecule has 53 heavy (non-hydrogen) atoms. The van der Waals surface area contributed by atoms with Crippen LogP contribution >= 0.6 is 0 Å². The van der Waals surface area contributed by atoms with Crippen molar-refractivity contribution >= 4 is 52.4 Å². The van der Waals surface area contributed by atoms with Crippen LogP contribution in [0.1, 0.15) is 39.5 Å². The third kappa shape index (κ3) is 5.98. The van der Waals surface area contributed by atoms with Crippen LogP contribution in [-0.2, 0) is 0 Å². The first-order chi connectivity index (χ1) is 26.0. The Kier molecular flexibility index (Phi) is 8.00. The molecule has 7 aromatic rings. The Balaban J connectivity index is 1.46. The first-order valence-electron chi connectivity index (χ1n) is 17.8. The van der Waals surface area contributed by atoms with Crippen molar-refractivity contribution in [2.45, 2.75) is 13.8 Å². The molecule has 0 atom stereocenters. The smallest absolute Gasteiger partial charge is 0.0737 e. The summed E-state index contributed by atoms with van der Waals surface area (Å²) in [7, 11) is 0. The molecular formula is C49H36N4. The van der Waals surface area contributed by atoms with E-state index in [0.717, 1.165) is 94.9 Å². The van der Waals surface area contributed by atoms with Crippen molar-refractivity contribution < 1.29 is 0 Å². The quantitative estimate of drug-likeness (QED) is 0.178. The second-order valence-corrected chi connectivity index (χ2v) is 13.6. The number of nitrogens with zero attached hydrogens (tertiary/aromatic N) is 2. The highest BCUT2D eigenvalue weighted by atomic mass is 14.8. The second kappa shape index (κ2) is 13.3.